The highest BCUT2D eigenvalue weighted by Crippen LogP contribution is 2.22. The van der Waals surface area contributed by atoms with E-state index in [0.717, 1.165) is 22.3 Å². The Bertz CT molecular complexity index is 573. The first kappa shape index (κ1) is 14.4. The summed E-state index contributed by atoms with van der Waals surface area (Å²) in [6, 6.07) is 15.3. The molecule has 0 bridgehead atoms. The van der Waals surface area contributed by atoms with E-state index in [1.807, 2.05) is 55.5 Å². The lowest BCUT2D eigenvalue weighted by Crippen LogP contribution is -2.14. The molecular weight excluding hydrogens is 250 g/mol. The van der Waals surface area contributed by atoms with Crippen molar-refractivity contribution in [1.82, 2.24) is 5.32 Å². The lowest BCUT2D eigenvalue weighted by atomic mass is 10.0. The normalized spacial score (nSPS) is 12.2. The van der Waals surface area contributed by atoms with Crippen LogP contribution in [0, 0.1) is 0 Å². The van der Waals surface area contributed by atoms with Gasteiger partial charge in [-0.3, -0.25) is 10.1 Å². The monoisotopic (exact) mass is 269 g/mol. The summed E-state index contributed by atoms with van der Waals surface area (Å²) in [6.07, 6.45) is -0.121. The van der Waals surface area contributed by atoms with Gasteiger partial charge in [-0.15, -0.1) is 0 Å². The lowest BCUT2D eigenvalue weighted by molar-refractivity contribution is 0.0988. The highest BCUT2D eigenvalue weighted by atomic mass is 16.3. The summed E-state index contributed by atoms with van der Waals surface area (Å²) in [5.41, 5.74) is 3.70. The van der Waals surface area contributed by atoms with Gasteiger partial charge in [-0.05, 0) is 23.7 Å². The van der Waals surface area contributed by atoms with Crippen molar-refractivity contribution in [2.75, 3.05) is 7.05 Å². The molecule has 1 unspecified atom stereocenters. The average Bonchev–Trinajstić information content (AvgIpc) is 2.53. The Morgan fingerprint density at radius 1 is 1.05 bits per heavy atom. The molecule has 0 heterocycles. The number of Topliss-reactive ketones (excluding diaryl/α,β-unsaturated/α-hetero) is 1. The third kappa shape index (κ3) is 3.13. The average molecular weight is 269 g/mol. The Morgan fingerprint density at radius 2 is 1.55 bits per heavy atom. The van der Waals surface area contributed by atoms with Crippen molar-refractivity contribution in [1.29, 1.82) is 0 Å². The predicted octanol–water partition coefficient (Wildman–Crippen LogP) is 3.16. The summed E-state index contributed by atoms with van der Waals surface area (Å²) in [5, 5.41) is 12.5. The van der Waals surface area contributed by atoms with Crippen LogP contribution in [0.1, 0.15) is 35.5 Å². The number of hydrogen-bond donors (Lipinski definition) is 2. The summed E-state index contributed by atoms with van der Waals surface area (Å²) in [7, 11) is 1.71. The van der Waals surface area contributed by atoms with Gasteiger partial charge in [0.15, 0.2) is 5.78 Å². The van der Waals surface area contributed by atoms with Crippen molar-refractivity contribution in [2.45, 2.75) is 19.6 Å². The Morgan fingerprint density at radius 3 is 2.00 bits per heavy atom. The molecule has 20 heavy (non-hydrogen) atoms. The molecule has 0 saturated heterocycles. The van der Waals surface area contributed by atoms with Crippen LogP contribution in [-0.4, -0.2) is 17.9 Å². The summed E-state index contributed by atoms with van der Waals surface area (Å²) in [5.74, 6) is 0.157. The number of aliphatic hydroxyl groups is 1. The van der Waals surface area contributed by atoms with Crippen molar-refractivity contribution in [3.05, 3.63) is 59.7 Å². The largest absolute Gasteiger partial charge is 0.374 e. The molecule has 0 aliphatic heterocycles. The van der Waals surface area contributed by atoms with Gasteiger partial charge in [-0.1, -0.05) is 55.5 Å². The predicted molar refractivity (Wildman–Crippen MR) is 80.5 cm³/mol. The second-order valence-corrected chi connectivity index (χ2v) is 4.67. The maximum atomic E-state index is 11.6. The summed E-state index contributed by atoms with van der Waals surface area (Å²) in [4.78, 5) is 11.6. The van der Waals surface area contributed by atoms with Gasteiger partial charge in [0.2, 0.25) is 0 Å². The molecule has 2 rings (SSSR count). The van der Waals surface area contributed by atoms with Crippen LogP contribution in [0.15, 0.2) is 48.5 Å². The zero-order chi connectivity index (χ0) is 14.5. The molecule has 0 aromatic heterocycles. The molecule has 0 aliphatic rings. The van der Waals surface area contributed by atoms with Gasteiger partial charge >= 0.3 is 0 Å². The summed E-state index contributed by atoms with van der Waals surface area (Å²) in [6.45, 7) is 1.86. The Kier molecular flexibility index (Phi) is 4.66. The molecule has 2 N–H and O–H groups in total. The molecule has 0 saturated carbocycles. The van der Waals surface area contributed by atoms with Gasteiger partial charge in [0.25, 0.3) is 0 Å². The molecule has 1 atom stereocenters. The fourth-order valence-electron chi connectivity index (χ4n) is 2.08. The van der Waals surface area contributed by atoms with Gasteiger partial charge in [-0.25, -0.2) is 0 Å². The lowest BCUT2D eigenvalue weighted by Gasteiger charge is -2.10. The SMILES string of the molecule is CCC(=O)c1ccc(-c2ccc(C(O)NC)cc2)cc1. The maximum absolute atomic E-state index is 11.6. The topological polar surface area (TPSA) is 49.3 Å². The molecule has 3 nitrogen and oxygen atoms in total. The molecule has 0 spiro atoms. The van der Waals surface area contributed by atoms with Crippen molar-refractivity contribution >= 4 is 5.78 Å². The molecular formula is C17H19NO2. The molecule has 2 aromatic rings. The molecule has 104 valence electrons. The Hall–Kier alpha value is -1.97. The smallest absolute Gasteiger partial charge is 0.162 e. The van der Waals surface area contributed by atoms with Gasteiger partial charge in [-0.2, -0.15) is 0 Å². The van der Waals surface area contributed by atoms with E-state index in [1.165, 1.54) is 0 Å². The number of benzene rings is 2. The van der Waals surface area contributed by atoms with Crippen LogP contribution in [0.25, 0.3) is 11.1 Å². The molecule has 2 aromatic carbocycles. The van der Waals surface area contributed by atoms with Crippen LogP contribution < -0.4 is 5.32 Å². The molecule has 3 heteroatoms. The van der Waals surface area contributed by atoms with Gasteiger partial charge in [0, 0.05) is 12.0 Å². The van der Waals surface area contributed by atoms with E-state index in [2.05, 4.69) is 5.32 Å². The van der Waals surface area contributed by atoms with E-state index in [0.29, 0.717) is 6.42 Å². The fraction of sp³-hybridized carbons (Fsp3) is 0.235. The summed E-state index contributed by atoms with van der Waals surface area (Å²) < 4.78 is 0. The number of carbonyl (C=O) groups is 1. The maximum Gasteiger partial charge on any atom is 0.162 e. The van der Waals surface area contributed by atoms with Crippen molar-refractivity contribution < 1.29 is 9.90 Å². The molecule has 0 radical (unpaired) electrons. The number of hydrogen-bond acceptors (Lipinski definition) is 3. The fourth-order valence-corrected chi connectivity index (χ4v) is 2.08. The number of ketones is 1. The van der Waals surface area contributed by atoms with Crippen LogP contribution in [0.2, 0.25) is 0 Å². The third-order valence-electron chi connectivity index (χ3n) is 3.36. The van der Waals surface area contributed by atoms with Crippen LogP contribution >= 0.6 is 0 Å². The number of carbonyl (C=O) groups excluding carboxylic acids is 1. The van der Waals surface area contributed by atoms with Crippen molar-refractivity contribution in [3.63, 3.8) is 0 Å². The van der Waals surface area contributed by atoms with E-state index in [9.17, 15) is 9.90 Å². The minimum Gasteiger partial charge on any atom is -0.374 e. The molecule has 0 fully saturated rings. The zero-order valence-electron chi connectivity index (χ0n) is 11.8. The Labute approximate surface area is 119 Å². The van der Waals surface area contributed by atoms with E-state index in [-0.39, 0.29) is 5.78 Å². The highest BCUT2D eigenvalue weighted by Gasteiger charge is 2.06. The standard InChI is InChI=1S/C17H19NO2/c1-3-16(19)14-8-4-12(5-9-14)13-6-10-15(11-7-13)17(20)18-2/h4-11,17-18,20H,3H2,1-2H3. The molecule has 0 aliphatic carbocycles. The zero-order valence-corrected chi connectivity index (χ0v) is 11.8. The number of nitrogens with one attached hydrogen (secondary N) is 1. The summed E-state index contributed by atoms with van der Waals surface area (Å²) >= 11 is 0. The number of aliphatic hydroxyl groups excluding tert-OH is 1. The minimum absolute atomic E-state index is 0.157. The van der Waals surface area contributed by atoms with Crippen LogP contribution in [-0.2, 0) is 0 Å². The first-order valence-electron chi connectivity index (χ1n) is 6.74. The van der Waals surface area contributed by atoms with Crippen LogP contribution in [0.4, 0.5) is 0 Å². The van der Waals surface area contributed by atoms with E-state index >= 15 is 0 Å². The van der Waals surface area contributed by atoms with Crippen LogP contribution in [0.3, 0.4) is 0 Å². The van der Waals surface area contributed by atoms with E-state index in [4.69, 9.17) is 0 Å². The van der Waals surface area contributed by atoms with Gasteiger partial charge in [0.1, 0.15) is 6.23 Å². The van der Waals surface area contributed by atoms with Crippen LogP contribution in [0.5, 0.6) is 0 Å². The quantitative estimate of drug-likeness (QED) is 0.647. The van der Waals surface area contributed by atoms with Gasteiger partial charge < -0.3 is 5.11 Å². The first-order chi connectivity index (χ1) is 9.65. The minimum atomic E-state index is -0.645. The highest BCUT2D eigenvalue weighted by molar-refractivity contribution is 5.96. The van der Waals surface area contributed by atoms with Gasteiger partial charge in [0.05, 0.1) is 0 Å². The van der Waals surface area contributed by atoms with E-state index < -0.39 is 6.23 Å². The van der Waals surface area contributed by atoms with Crippen molar-refractivity contribution in [2.24, 2.45) is 0 Å². The second kappa shape index (κ2) is 6.46. The van der Waals surface area contributed by atoms with Crippen molar-refractivity contribution in [3.8, 4) is 11.1 Å². The molecule has 0 amide bonds. The third-order valence-corrected chi connectivity index (χ3v) is 3.36. The second-order valence-electron chi connectivity index (χ2n) is 4.67. The number of rotatable bonds is 5. The Balaban J connectivity index is 2.21. The first-order valence-corrected chi connectivity index (χ1v) is 6.74. The van der Waals surface area contributed by atoms with E-state index in [1.54, 1.807) is 7.05 Å².